The molecular weight excluding hydrogens is 409 g/mol. The number of carbonyl (C=O) groups excluding carboxylic acids is 1. The number of carbonyl (C=O) groups is 2. The van der Waals surface area contributed by atoms with Crippen LogP contribution in [0.2, 0.25) is 10.0 Å². The summed E-state index contributed by atoms with van der Waals surface area (Å²) in [5.74, 6) is -2.57. The SMILES string of the molecule is CC1=NC2=C(C(=O)CC(c3ccccc3)C2)C(c2ccc(Cl)c(Cl)c2)C1C(=O)O. The molecule has 0 radical (unpaired) electrons. The third kappa shape index (κ3) is 3.63. The zero-order valence-corrected chi connectivity index (χ0v) is 17.2. The van der Waals surface area contributed by atoms with Gasteiger partial charge in [-0.05, 0) is 42.5 Å². The van der Waals surface area contributed by atoms with Gasteiger partial charge in [-0.2, -0.15) is 0 Å². The lowest BCUT2D eigenvalue weighted by Crippen LogP contribution is -2.37. The topological polar surface area (TPSA) is 66.7 Å². The minimum atomic E-state index is -1.01. The fourth-order valence-electron chi connectivity index (χ4n) is 4.41. The molecule has 0 spiro atoms. The first kappa shape index (κ1) is 19.9. The molecule has 0 amide bonds. The predicted octanol–water partition coefficient (Wildman–Crippen LogP) is 5.65. The van der Waals surface area contributed by atoms with Crippen molar-refractivity contribution < 1.29 is 14.7 Å². The fraction of sp³-hybridized carbons (Fsp3) is 0.261. The highest BCUT2D eigenvalue weighted by Gasteiger charge is 2.44. The number of hydrogen-bond donors (Lipinski definition) is 1. The zero-order chi connectivity index (χ0) is 20.7. The van der Waals surface area contributed by atoms with Crippen LogP contribution in [0.25, 0.3) is 0 Å². The van der Waals surface area contributed by atoms with E-state index in [1.165, 1.54) is 0 Å². The first-order valence-electron chi connectivity index (χ1n) is 9.41. The number of aliphatic carboxylic acids is 1. The van der Waals surface area contributed by atoms with E-state index in [2.05, 4.69) is 4.99 Å². The lowest BCUT2D eigenvalue weighted by Gasteiger charge is -2.36. The minimum Gasteiger partial charge on any atom is -0.481 e. The van der Waals surface area contributed by atoms with Gasteiger partial charge in [-0.25, -0.2) is 0 Å². The number of Topliss-reactive ketones (excluding diaryl/α,β-unsaturated/α-hetero) is 1. The van der Waals surface area contributed by atoms with Crippen molar-refractivity contribution in [2.75, 3.05) is 0 Å². The normalized spacial score (nSPS) is 24.2. The van der Waals surface area contributed by atoms with Gasteiger partial charge in [-0.1, -0.05) is 59.6 Å². The lowest BCUT2D eigenvalue weighted by molar-refractivity contribution is -0.139. The molecule has 29 heavy (non-hydrogen) atoms. The van der Waals surface area contributed by atoms with Crippen LogP contribution in [0.5, 0.6) is 0 Å². The number of ketones is 1. The lowest BCUT2D eigenvalue weighted by atomic mass is 9.69. The van der Waals surface area contributed by atoms with Gasteiger partial charge < -0.3 is 5.11 Å². The second-order valence-electron chi connectivity index (χ2n) is 7.52. The standard InChI is InChI=1S/C23H19Cl2NO3/c1-12-20(23(28)29)21(14-7-8-16(24)17(25)9-14)22-18(26-12)10-15(11-19(22)27)13-5-3-2-4-6-13/h2-9,15,20-21H,10-11H2,1H3,(H,28,29). The highest BCUT2D eigenvalue weighted by atomic mass is 35.5. The van der Waals surface area contributed by atoms with Crippen LogP contribution in [0.1, 0.15) is 42.7 Å². The average Bonchev–Trinajstić information content (AvgIpc) is 2.69. The van der Waals surface area contributed by atoms with E-state index in [1.807, 2.05) is 30.3 Å². The van der Waals surface area contributed by atoms with Crippen molar-refractivity contribution in [2.24, 2.45) is 10.9 Å². The molecule has 148 valence electrons. The number of aliphatic imine (C=N–C) groups is 1. The van der Waals surface area contributed by atoms with Crippen LogP contribution < -0.4 is 0 Å². The molecule has 0 bridgehead atoms. The van der Waals surface area contributed by atoms with E-state index in [0.717, 1.165) is 5.56 Å². The van der Waals surface area contributed by atoms with Crippen molar-refractivity contribution >= 4 is 40.7 Å². The molecule has 0 aromatic heterocycles. The van der Waals surface area contributed by atoms with E-state index in [1.54, 1.807) is 25.1 Å². The van der Waals surface area contributed by atoms with E-state index < -0.39 is 17.8 Å². The molecular formula is C23H19Cl2NO3. The number of halogens is 2. The van der Waals surface area contributed by atoms with Gasteiger partial charge in [0.2, 0.25) is 0 Å². The van der Waals surface area contributed by atoms with Crippen LogP contribution in [0.15, 0.2) is 64.8 Å². The minimum absolute atomic E-state index is 0.0369. The molecule has 0 saturated carbocycles. The van der Waals surface area contributed by atoms with Crippen molar-refractivity contribution in [3.63, 3.8) is 0 Å². The Bertz CT molecular complexity index is 1060. The Morgan fingerprint density at radius 1 is 1.03 bits per heavy atom. The van der Waals surface area contributed by atoms with Crippen LogP contribution in [-0.2, 0) is 9.59 Å². The van der Waals surface area contributed by atoms with Crippen molar-refractivity contribution in [3.8, 4) is 0 Å². The summed E-state index contributed by atoms with van der Waals surface area (Å²) in [6.45, 7) is 1.71. The van der Waals surface area contributed by atoms with Crippen molar-refractivity contribution in [1.82, 2.24) is 0 Å². The molecule has 3 unspecified atom stereocenters. The fourth-order valence-corrected chi connectivity index (χ4v) is 4.71. The molecule has 3 atom stereocenters. The number of nitrogens with zero attached hydrogens (tertiary/aromatic N) is 1. The predicted molar refractivity (Wildman–Crippen MR) is 114 cm³/mol. The maximum Gasteiger partial charge on any atom is 0.313 e. The van der Waals surface area contributed by atoms with Crippen molar-refractivity contribution in [1.29, 1.82) is 0 Å². The molecule has 1 heterocycles. The first-order valence-corrected chi connectivity index (χ1v) is 10.2. The molecule has 6 heteroatoms. The number of hydrogen-bond acceptors (Lipinski definition) is 3. The molecule has 1 aliphatic heterocycles. The first-order chi connectivity index (χ1) is 13.9. The van der Waals surface area contributed by atoms with E-state index >= 15 is 0 Å². The number of benzene rings is 2. The Morgan fingerprint density at radius 3 is 2.41 bits per heavy atom. The molecule has 2 aromatic carbocycles. The van der Waals surface area contributed by atoms with E-state index in [-0.39, 0.29) is 11.7 Å². The maximum atomic E-state index is 13.2. The smallest absolute Gasteiger partial charge is 0.313 e. The van der Waals surface area contributed by atoms with Gasteiger partial charge >= 0.3 is 5.97 Å². The van der Waals surface area contributed by atoms with E-state index in [9.17, 15) is 14.7 Å². The average molecular weight is 428 g/mol. The summed E-state index contributed by atoms with van der Waals surface area (Å²) < 4.78 is 0. The van der Waals surface area contributed by atoms with Crippen LogP contribution in [0.4, 0.5) is 0 Å². The molecule has 1 N–H and O–H groups in total. The summed E-state index contributed by atoms with van der Waals surface area (Å²) in [6.07, 6.45) is 0.939. The van der Waals surface area contributed by atoms with Crippen LogP contribution >= 0.6 is 23.2 Å². The molecule has 2 aliphatic rings. The summed E-state index contributed by atoms with van der Waals surface area (Å²) >= 11 is 12.3. The summed E-state index contributed by atoms with van der Waals surface area (Å²) in [6, 6.07) is 14.9. The summed E-state index contributed by atoms with van der Waals surface area (Å²) in [5, 5.41) is 10.6. The Hall–Kier alpha value is -2.43. The Morgan fingerprint density at radius 2 is 1.76 bits per heavy atom. The highest BCUT2D eigenvalue weighted by Crippen LogP contribution is 2.47. The second-order valence-corrected chi connectivity index (χ2v) is 8.33. The van der Waals surface area contributed by atoms with E-state index in [4.69, 9.17) is 23.2 Å². The van der Waals surface area contributed by atoms with E-state index in [0.29, 0.717) is 45.4 Å². The Labute approximate surface area is 178 Å². The molecule has 1 aliphatic carbocycles. The van der Waals surface area contributed by atoms with Gasteiger partial charge in [0.1, 0.15) is 5.92 Å². The Kier molecular flexibility index (Phi) is 5.32. The molecule has 4 rings (SSSR count). The second kappa shape index (κ2) is 7.77. The van der Waals surface area contributed by atoms with Crippen molar-refractivity contribution in [2.45, 2.75) is 31.6 Å². The van der Waals surface area contributed by atoms with Gasteiger partial charge in [0.05, 0.1) is 10.0 Å². The summed E-state index contributed by atoms with van der Waals surface area (Å²) in [7, 11) is 0. The van der Waals surface area contributed by atoms with Crippen LogP contribution in [0, 0.1) is 5.92 Å². The molecule has 0 fully saturated rings. The van der Waals surface area contributed by atoms with Crippen LogP contribution in [0.3, 0.4) is 0 Å². The molecule has 2 aromatic rings. The third-order valence-electron chi connectivity index (χ3n) is 5.73. The number of rotatable bonds is 3. The van der Waals surface area contributed by atoms with Gasteiger partial charge in [0, 0.05) is 29.3 Å². The number of carboxylic acids is 1. The quantitative estimate of drug-likeness (QED) is 0.687. The van der Waals surface area contributed by atoms with Crippen molar-refractivity contribution in [3.05, 3.63) is 81.0 Å². The maximum absolute atomic E-state index is 13.2. The summed E-state index contributed by atoms with van der Waals surface area (Å²) in [4.78, 5) is 29.9. The highest BCUT2D eigenvalue weighted by molar-refractivity contribution is 6.42. The molecule has 4 nitrogen and oxygen atoms in total. The zero-order valence-electron chi connectivity index (χ0n) is 15.7. The van der Waals surface area contributed by atoms with Gasteiger partial charge in [0.15, 0.2) is 5.78 Å². The molecule has 0 saturated heterocycles. The van der Waals surface area contributed by atoms with Gasteiger partial charge in [0.25, 0.3) is 0 Å². The third-order valence-corrected chi connectivity index (χ3v) is 6.47. The Balaban J connectivity index is 1.83. The largest absolute Gasteiger partial charge is 0.481 e. The summed E-state index contributed by atoms with van der Waals surface area (Å²) in [5.41, 5.74) is 3.43. The van der Waals surface area contributed by atoms with Gasteiger partial charge in [-0.15, -0.1) is 0 Å². The monoisotopic (exact) mass is 427 g/mol. The number of carboxylic acid groups (broad SMARTS) is 1. The number of allylic oxidation sites excluding steroid dienone is 2. The van der Waals surface area contributed by atoms with Crippen LogP contribution in [-0.4, -0.2) is 22.6 Å². The van der Waals surface area contributed by atoms with Gasteiger partial charge in [-0.3, -0.25) is 14.6 Å².